The highest BCUT2D eigenvalue weighted by Crippen LogP contribution is 2.25. The number of likely N-dealkylation sites (N-methyl/N-ethyl adjacent to an activating group) is 1. The minimum atomic E-state index is -0.856. The number of hydrogen-bond acceptors (Lipinski definition) is 4. The van der Waals surface area contributed by atoms with Crippen LogP contribution in [0.4, 0.5) is 4.79 Å². The molecule has 0 aliphatic heterocycles. The molecule has 5 N–H and O–H groups in total. The number of carbonyl (C=O) groups is 3. The second kappa shape index (κ2) is 9.36. The van der Waals surface area contributed by atoms with Crippen LogP contribution < -0.4 is 16.4 Å². The van der Waals surface area contributed by atoms with Crippen LogP contribution in [0, 0.1) is 0 Å². The molecule has 2 atom stereocenters. The van der Waals surface area contributed by atoms with Crippen molar-refractivity contribution in [3.05, 3.63) is 35.9 Å². The van der Waals surface area contributed by atoms with Gasteiger partial charge < -0.3 is 21.5 Å². The number of rotatable bonds is 9. The van der Waals surface area contributed by atoms with E-state index in [4.69, 9.17) is 10.8 Å². The van der Waals surface area contributed by atoms with Crippen molar-refractivity contribution in [2.45, 2.75) is 50.7 Å². The van der Waals surface area contributed by atoms with E-state index in [2.05, 4.69) is 10.6 Å². The lowest BCUT2D eigenvalue weighted by atomic mass is 9.85. The zero-order valence-corrected chi connectivity index (χ0v) is 15.7. The van der Waals surface area contributed by atoms with E-state index in [0.717, 1.165) is 5.56 Å². The van der Waals surface area contributed by atoms with E-state index < -0.39 is 23.9 Å². The van der Waals surface area contributed by atoms with E-state index in [0.29, 0.717) is 19.4 Å². The summed E-state index contributed by atoms with van der Waals surface area (Å²) in [4.78, 5) is 36.9. The van der Waals surface area contributed by atoms with Crippen LogP contribution in [-0.2, 0) is 9.59 Å². The molecule has 2 unspecified atom stereocenters. The standard InChI is InChI=1S/C19H28N4O4/c1-3-23(11-16(24)25)15-9-14(10-15)21-19(27)22-17(18(20)26)12(2)13-7-5-4-6-8-13/h4-8,12,14-15,17H,3,9-11H2,1-2H3,(H2,20,26)(H,24,25)(H2,21,22,27). The zero-order valence-electron chi connectivity index (χ0n) is 15.7. The first kappa shape index (κ1) is 20.7. The van der Waals surface area contributed by atoms with Crippen molar-refractivity contribution >= 4 is 17.9 Å². The quantitative estimate of drug-likeness (QED) is 0.509. The van der Waals surface area contributed by atoms with Crippen LogP contribution in [0.5, 0.6) is 0 Å². The second-order valence-electron chi connectivity index (χ2n) is 6.98. The molecule has 1 fully saturated rings. The molecule has 0 aromatic heterocycles. The van der Waals surface area contributed by atoms with Crippen molar-refractivity contribution in [2.75, 3.05) is 13.1 Å². The monoisotopic (exact) mass is 376 g/mol. The Bertz CT molecular complexity index is 661. The third-order valence-electron chi connectivity index (χ3n) is 5.13. The van der Waals surface area contributed by atoms with Crippen molar-refractivity contribution in [2.24, 2.45) is 5.73 Å². The molecule has 0 spiro atoms. The SMILES string of the molecule is CCN(CC(=O)O)C1CC(NC(=O)NC(C(N)=O)C(C)c2ccccc2)C1. The third kappa shape index (κ3) is 5.68. The molecule has 1 aliphatic rings. The van der Waals surface area contributed by atoms with E-state index in [9.17, 15) is 14.4 Å². The van der Waals surface area contributed by atoms with Crippen LogP contribution in [0.1, 0.15) is 38.2 Å². The summed E-state index contributed by atoms with van der Waals surface area (Å²) in [5.74, 6) is -1.70. The van der Waals surface area contributed by atoms with Crippen LogP contribution in [0.2, 0.25) is 0 Å². The summed E-state index contributed by atoms with van der Waals surface area (Å²) in [5, 5.41) is 14.4. The van der Waals surface area contributed by atoms with Gasteiger partial charge in [0.15, 0.2) is 0 Å². The fourth-order valence-electron chi connectivity index (χ4n) is 3.44. The Labute approximate surface area is 159 Å². The van der Waals surface area contributed by atoms with Crippen molar-refractivity contribution in [3.8, 4) is 0 Å². The van der Waals surface area contributed by atoms with Gasteiger partial charge in [0.25, 0.3) is 0 Å². The van der Waals surface area contributed by atoms with Gasteiger partial charge in [-0.25, -0.2) is 4.79 Å². The average molecular weight is 376 g/mol. The predicted molar refractivity (Wildman–Crippen MR) is 101 cm³/mol. The first-order chi connectivity index (χ1) is 12.8. The number of amides is 3. The largest absolute Gasteiger partial charge is 0.480 e. The number of carbonyl (C=O) groups excluding carboxylic acids is 2. The highest BCUT2D eigenvalue weighted by molar-refractivity contribution is 5.87. The van der Waals surface area contributed by atoms with Crippen LogP contribution in [0.25, 0.3) is 0 Å². The Kier molecular flexibility index (Phi) is 7.18. The van der Waals surface area contributed by atoms with Crippen LogP contribution in [0.3, 0.4) is 0 Å². The van der Waals surface area contributed by atoms with Gasteiger partial charge in [0.1, 0.15) is 6.04 Å². The van der Waals surface area contributed by atoms with Crippen LogP contribution in [-0.4, -0.2) is 59.1 Å². The maximum Gasteiger partial charge on any atom is 0.317 e. The Morgan fingerprint density at radius 3 is 2.41 bits per heavy atom. The van der Waals surface area contributed by atoms with Crippen LogP contribution >= 0.6 is 0 Å². The number of carboxylic acid groups (broad SMARTS) is 1. The van der Waals surface area contributed by atoms with Gasteiger partial charge in [0, 0.05) is 18.0 Å². The van der Waals surface area contributed by atoms with Gasteiger partial charge in [-0.3, -0.25) is 14.5 Å². The fourth-order valence-corrected chi connectivity index (χ4v) is 3.44. The lowest BCUT2D eigenvalue weighted by molar-refractivity contribution is -0.139. The summed E-state index contributed by atoms with van der Waals surface area (Å²) in [6.07, 6.45) is 1.37. The molecule has 1 aromatic rings. The highest BCUT2D eigenvalue weighted by Gasteiger charge is 2.35. The number of aliphatic carboxylic acids is 1. The summed E-state index contributed by atoms with van der Waals surface area (Å²) in [6.45, 7) is 4.40. The number of nitrogens with two attached hydrogens (primary N) is 1. The van der Waals surface area contributed by atoms with Crippen LogP contribution in [0.15, 0.2) is 30.3 Å². The Hall–Kier alpha value is -2.61. The lowest BCUT2D eigenvalue weighted by Crippen LogP contribution is -2.58. The van der Waals surface area contributed by atoms with Crippen molar-refractivity contribution < 1.29 is 19.5 Å². The zero-order chi connectivity index (χ0) is 20.0. The number of urea groups is 1. The molecule has 1 saturated carbocycles. The number of primary amides is 1. The average Bonchev–Trinajstić information content (AvgIpc) is 2.60. The summed E-state index contributed by atoms with van der Waals surface area (Å²) in [5.41, 5.74) is 6.40. The van der Waals surface area contributed by atoms with Crippen molar-refractivity contribution in [1.82, 2.24) is 15.5 Å². The minimum Gasteiger partial charge on any atom is -0.480 e. The molecule has 0 heterocycles. The smallest absolute Gasteiger partial charge is 0.317 e. The summed E-state index contributed by atoms with van der Waals surface area (Å²) >= 11 is 0. The van der Waals surface area contributed by atoms with Crippen molar-refractivity contribution in [1.29, 1.82) is 0 Å². The molecule has 1 aromatic carbocycles. The maximum atomic E-state index is 12.3. The molecule has 0 bridgehead atoms. The van der Waals surface area contributed by atoms with Gasteiger partial charge in [-0.1, -0.05) is 44.2 Å². The molecule has 0 saturated heterocycles. The molecule has 148 valence electrons. The molecule has 2 rings (SSSR count). The molecule has 0 radical (unpaired) electrons. The van der Waals surface area contributed by atoms with E-state index in [1.807, 2.05) is 49.1 Å². The van der Waals surface area contributed by atoms with E-state index >= 15 is 0 Å². The lowest BCUT2D eigenvalue weighted by Gasteiger charge is -2.42. The predicted octanol–water partition coefficient (Wildman–Crippen LogP) is 0.881. The van der Waals surface area contributed by atoms with Gasteiger partial charge in [-0.05, 0) is 24.9 Å². The highest BCUT2D eigenvalue weighted by atomic mass is 16.4. The van der Waals surface area contributed by atoms with Gasteiger partial charge in [-0.2, -0.15) is 0 Å². The van der Waals surface area contributed by atoms with Gasteiger partial charge in [0.05, 0.1) is 6.54 Å². The maximum absolute atomic E-state index is 12.3. The van der Waals surface area contributed by atoms with Gasteiger partial charge in [0.2, 0.25) is 5.91 Å². The Morgan fingerprint density at radius 2 is 1.89 bits per heavy atom. The van der Waals surface area contributed by atoms with Gasteiger partial charge in [-0.15, -0.1) is 0 Å². The van der Waals surface area contributed by atoms with E-state index in [-0.39, 0.29) is 24.5 Å². The fraction of sp³-hybridized carbons (Fsp3) is 0.526. The Balaban J connectivity index is 1.85. The first-order valence-electron chi connectivity index (χ1n) is 9.19. The molecule has 1 aliphatic carbocycles. The molecule has 3 amide bonds. The molecule has 8 heteroatoms. The van der Waals surface area contributed by atoms with E-state index in [1.165, 1.54) is 0 Å². The van der Waals surface area contributed by atoms with Gasteiger partial charge >= 0.3 is 12.0 Å². The number of carboxylic acids is 1. The number of benzene rings is 1. The normalized spacial score (nSPS) is 21.0. The third-order valence-corrected chi connectivity index (χ3v) is 5.13. The Morgan fingerprint density at radius 1 is 1.26 bits per heavy atom. The summed E-state index contributed by atoms with van der Waals surface area (Å²) in [7, 11) is 0. The molecular formula is C19H28N4O4. The first-order valence-corrected chi connectivity index (χ1v) is 9.19. The summed E-state index contributed by atoms with van der Waals surface area (Å²) < 4.78 is 0. The summed E-state index contributed by atoms with van der Waals surface area (Å²) in [6, 6.07) is 8.24. The topological polar surface area (TPSA) is 125 Å². The number of nitrogens with zero attached hydrogens (tertiary/aromatic N) is 1. The van der Waals surface area contributed by atoms with E-state index in [1.54, 1.807) is 0 Å². The molecule has 8 nitrogen and oxygen atoms in total. The number of hydrogen-bond donors (Lipinski definition) is 4. The minimum absolute atomic E-state index is 0.00156. The molecule has 27 heavy (non-hydrogen) atoms. The molecular weight excluding hydrogens is 348 g/mol. The van der Waals surface area contributed by atoms with Crippen molar-refractivity contribution in [3.63, 3.8) is 0 Å². The second-order valence-corrected chi connectivity index (χ2v) is 6.98. The number of nitrogens with one attached hydrogen (secondary N) is 2.